The Balaban J connectivity index is 2.08. The molecule has 1 amide bonds. The molecule has 0 spiro atoms. The molecular weight excluding hydrogens is 258 g/mol. The van der Waals surface area contributed by atoms with Gasteiger partial charge in [0.05, 0.1) is 6.10 Å². The van der Waals surface area contributed by atoms with Crippen molar-refractivity contribution >= 4 is 17.4 Å². The first-order valence-electron chi connectivity index (χ1n) is 6.75. The first kappa shape index (κ1) is 14.4. The number of aromatic nitrogens is 2. The SMILES string of the molecule is CC(C)Oc1ncnc(NC2CCC(=O)N(C)C2)c1N. The molecule has 0 aliphatic carbocycles. The van der Waals surface area contributed by atoms with Crippen LogP contribution in [0.5, 0.6) is 5.88 Å². The number of nitrogens with two attached hydrogens (primary N) is 1. The van der Waals surface area contributed by atoms with Crippen LogP contribution in [0, 0.1) is 0 Å². The van der Waals surface area contributed by atoms with E-state index in [2.05, 4.69) is 15.3 Å². The first-order valence-corrected chi connectivity index (χ1v) is 6.75. The molecule has 7 nitrogen and oxygen atoms in total. The van der Waals surface area contributed by atoms with Gasteiger partial charge in [-0.3, -0.25) is 4.79 Å². The minimum Gasteiger partial charge on any atom is -0.473 e. The summed E-state index contributed by atoms with van der Waals surface area (Å²) in [5, 5.41) is 3.26. The van der Waals surface area contributed by atoms with E-state index in [0.29, 0.717) is 30.4 Å². The molecule has 0 bridgehead atoms. The number of ether oxygens (including phenoxy) is 1. The van der Waals surface area contributed by atoms with E-state index in [1.54, 1.807) is 11.9 Å². The molecule has 0 radical (unpaired) electrons. The monoisotopic (exact) mass is 279 g/mol. The smallest absolute Gasteiger partial charge is 0.242 e. The van der Waals surface area contributed by atoms with E-state index in [-0.39, 0.29) is 18.1 Å². The Morgan fingerprint density at radius 1 is 1.50 bits per heavy atom. The number of anilines is 2. The van der Waals surface area contributed by atoms with Crippen LogP contribution in [0.15, 0.2) is 6.33 Å². The largest absolute Gasteiger partial charge is 0.473 e. The van der Waals surface area contributed by atoms with Crippen LogP contribution in [0.25, 0.3) is 0 Å². The average Bonchev–Trinajstić information content (AvgIpc) is 2.38. The third-order valence-electron chi connectivity index (χ3n) is 3.16. The maximum atomic E-state index is 11.5. The summed E-state index contributed by atoms with van der Waals surface area (Å²) in [6.45, 7) is 4.47. The van der Waals surface area contributed by atoms with Crippen molar-refractivity contribution in [2.75, 3.05) is 24.6 Å². The summed E-state index contributed by atoms with van der Waals surface area (Å²) in [7, 11) is 1.80. The summed E-state index contributed by atoms with van der Waals surface area (Å²) in [5.41, 5.74) is 6.42. The lowest BCUT2D eigenvalue weighted by Gasteiger charge is -2.30. The van der Waals surface area contributed by atoms with Crippen molar-refractivity contribution in [3.05, 3.63) is 6.33 Å². The highest BCUT2D eigenvalue weighted by molar-refractivity contribution is 5.77. The third-order valence-corrected chi connectivity index (χ3v) is 3.16. The molecule has 1 aromatic rings. The Kier molecular flexibility index (Phi) is 4.26. The summed E-state index contributed by atoms with van der Waals surface area (Å²) in [6.07, 6.45) is 2.73. The molecule has 3 N–H and O–H groups in total. The van der Waals surface area contributed by atoms with E-state index in [1.165, 1.54) is 6.33 Å². The Labute approximate surface area is 118 Å². The molecule has 110 valence electrons. The maximum absolute atomic E-state index is 11.5. The number of likely N-dealkylation sites (N-methyl/N-ethyl adjacent to an activating group) is 1. The normalized spacial score (nSPS) is 19.3. The second-order valence-electron chi connectivity index (χ2n) is 5.26. The van der Waals surface area contributed by atoms with Crippen molar-refractivity contribution < 1.29 is 9.53 Å². The van der Waals surface area contributed by atoms with Gasteiger partial charge in [0.1, 0.15) is 12.0 Å². The summed E-state index contributed by atoms with van der Waals surface area (Å²) < 4.78 is 5.53. The molecule has 2 heterocycles. The van der Waals surface area contributed by atoms with E-state index in [4.69, 9.17) is 10.5 Å². The van der Waals surface area contributed by atoms with Crippen LogP contribution in [0.1, 0.15) is 26.7 Å². The van der Waals surface area contributed by atoms with Crippen molar-refractivity contribution in [3.63, 3.8) is 0 Å². The Morgan fingerprint density at radius 3 is 2.90 bits per heavy atom. The van der Waals surface area contributed by atoms with Crippen LogP contribution in [0.2, 0.25) is 0 Å². The molecule has 1 unspecified atom stereocenters. The molecular formula is C13H21N5O2. The summed E-state index contributed by atoms with van der Waals surface area (Å²) in [4.78, 5) is 21.4. The molecule has 1 atom stereocenters. The predicted molar refractivity (Wildman–Crippen MR) is 76.5 cm³/mol. The third kappa shape index (κ3) is 3.28. The van der Waals surface area contributed by atoms with E-state index < -0.39 is 0 Å². The van der Waals surface area contributed by atoms with Gasteiger partial charge < -0.3 is 20.7 Å². The zero-order chi connectivity index (χ0) is 14.7. The van der Waals surface area contributed by atoms with E-state index >= 15 is 0 Å². The van der Waals surface area contributed by atoms with Gasteiger partial charge in [-0.05, 0) is 20.3 Å². The Bertz CT molecular complexity index is 492. The lowest BCUT2D eigenvalue weighted by molar-refractivity contribution is -0.132. The highest BCUT2D eigenvalue weighted by Gasteiger charge is 2.24. The minimum atomic E-state index is -0.00140. The highest BCUT2D eigenvalue weighted by atomic mass is 16.5. The predicted octanol–water partition coefficient (Wildman–Crippen LogP) is 0.879. The number of nitrogen functional groups attached to an aromatic ring is 1. The number of piperidine rings is 1. The van der Waals surface area contributed by atoms with Crippen LogP contribution in [0.3, 0.4) is 0 Å². The average molecular weight is 279 g/mol. The molecule has 1 fully saturated rings. The fourth-order valence-corrected chi connectivity index (χ4v) is 2.14. The number of carbonyl (C=O) groups is 1. The van der Waals surface area contributed by atoms with Crippen LogP contribution in [-0.2, 0) is 4.79 Å². The molecule has 0 aromatic carbocycles. The van der Waals surface area contributed by atoms with Gasteiger partial charge in [-0.15, -0.1) is 0 Å². The second-order valence-corrected chi connectivity index (χ2v) is 5.26. The lowest BCUT2D eigenvalue weighted by atomic mass is 10.1. The number of amides is 1. The molecule has 1 aromatic heterocycles. The van der Waals surface area contributed by atoms with E-state index in [9.17, 15) is 4.79 Å². The number of nitrogens with zero attached hydrogens (tertiary/aromatic N) is 3. The zero-order valence-electron chi connectivity index (χ0n) is 12.1. The zero-order valence-corrected chi connectivity index (χ0v) is 12.1. The van der Waals surface area contributed by atoms with Crippen LogP contribution in [-0.4, -0.2) is 46.5 Å². The van der Waals surface area contributed by atoms with Crippen LogP contribution < -0.4 is 15.8 Å². The van der Waals surface area contributed by atoms with Gasteiger partial charge in [0.15, 0.2) is 5.82 Å². The van der Waals surface area contributed by atoms with Crippen molar-refractivity contribution in [1.29, 1.82) is 0 Å². The second kappa shape index (κ2) is 5.94. The number of hydrogen-bond acceptors (Lipinski definition) is 6. The molecule has 1 aliphatic heterocycles. The summed E-state index contributed by atoms with van der Waals surface area (Å²) in [5.74, 6) is 1.11. The molecule has 1 saturated heterocycles. The van der Waals surface area contributed by atoms with E-state index in [1.807, 2.05) is 13.8 Å². The van der Waals surface area contributed by atoms with Crippen molar-refractivity contribution in [3.8, 4) is 5.88 Å². The number of likely N-dealkylation sites (tertiary alicyclic amines) is 1. The van der Waals surface area contributed by atoms with Gasteiger partial charge >= 0.3 is 0 Å². The number of carbonyl (C=O) groups excluding carboxylic acids is 1. The molecule has 0 saturated carbocycles. The van der Waals surface area contributed by atoms with Gasteiger partial charge in [-0.25, -0.2) is 4.98 Å². The van der Waals surface area contributed by atoms with Gasteiger partial charge in [0, 0.05) is 26.1 Å². The van der Waals surface area contributed by atoms with Crippen molar-refractivity contribution in [2.24, 2.45) is 0 Å². The Morgan fingerprint density at radius 2 is 2.25 bits per heavy atom. The maximum Gasteiger partial charge on any atom is 0.242 e. The van der Waals surface area contributed by atoms with Gasteiger partial charge in [0.25, 0.3) is 0 Å². The van der Waals surface area contributed by atoms with E-state index in [0.717, 1.165) is 6.42 Å². The van der Waals surface area contributed by atoms with Gasteiger partial charge in [0.2, 0.25) is 11.8 Å². The van der Waals surface area contributed by atoms with Gasteiger partial charge in [-0.1, -0.05) is 0 Å². The summed E-state index contributed by atoms with van der Waals surface area (Å²) >= 11 is 0. The minimum absolute atomic E-state index is 0.00140. The number of hydrogen-bond donors (Lipinski definition) is 2. The molecule has 2 rings (SSSR count). The standard InChI is InChI=1S/C13H21N5O2/c1-8(2)20-13-11(14)12(15-7-16-13)17-9-4-5-10(19)18(3)6-9/h7-9H,4-6,14H2,1-3H3,(H,15,16,17). The van der Waals surface area contributed by atoms with Gasteiger partial charge in [-0.2, -0.15) is 4.98 Å². The quantitative estimate of drug-likeness (QED) is 0.849. The van der Waals surface area contributed by atoms with Crippen LogP contribution >= 0.6 is 0 Å². The topological polar surface area (TPSA) is 93.4 Å². The fourth-order valence-electron chi connectivity index (χ4n) is 2.14. The molecule has 1 aliphatic rings. The fraction of sp³-hybridized carbons (Fsp3) is 0.615. The van der Waals surface area contributed by atoms with Crippen LogP contribution in [0.4, 0.5) is 11.5 Å². The first-order chi connectivity index (χ1) is 9.47. The molecule has 20 heavy (non-hydrogen) atoms. The number of rotatable bonds is 4. The highest BCUT2D eigenvalue weighted by Crippen LogP contribution is 2.27. The molecule has 7 heteroatoms. The Hall–Kier alpha value is -2.05. The number of nitrogens with one attached hydrogen (secondary N) is 1. The summed E-state index contributed by atoms with van der Waals surface area (Å²) in [6, 6.07) is 0.141. The lowest BCUT2D eigenvalue weighted by Crippen LogP contribution is -2.43. The van der Waals surface area contributed by atoms with Crippen molar-refractivity contribution in [2.45, 2.75) is 38.8 Å². The van der Waals surface area contributed by atoms with Crippen molar-refractivity contribution in [1.82, 2.24) is 14.9 Å².